The number of carbonyl (C=O) groups excluding carboxylic acids is 2. The number of nitrogens with zero attached hydrogens (tertiary/aromatic N) is 2. The number of piperazine rings is 1. The maximum atomic E-state index is 12.3. The summed E-state index contributed by atoms with van der Waals surface area (Å²) in [5.74, 6) is 0.431. The van der Waals surface area contributed by atoms with E-state index in [0.29, 0.717) is 41.7 Å². The average molecular weight is 400 g/mol. The molecule has 0 saturated carbocycles. The number of carbonyl (C=O) groups is 2. The number of nitrogens with one attached hydrogen (secondary N) is 1. The van der Waals surface area contributed by atoms with Crippen LogP contribution in [0.15, 0.2) is 48.5 Å². The minimum Gasteiger partial charge on any atom is -0.367 e. The SMILES string of the molecule is CC(C)CC(=O)N1CCN(c2ccc(NC(=O)c3ccccc3)cc2Cl)CC1. The van der Waals surface area contributed by atoms with Crippen LogP contribution in [0, 0.1) is 5.92 Å². The van der Waals surface area contributed by atoms with Crippen molar-refractivity contribution in [3.8, 4) is 0 Å². The van der Waals surface area contributed by atoms with Gasteiger partial charge in [0.05, 0.1) is 10.7 Å². The van der Waals surface area contributed by atoms with Crippen LogP contribution in [0.5, 0.6) is 0 Å². The summed E-state index contributed by atoms with van der Waals surface area (Å²) in [6.07, 6.45) is 0.594. The van der Waals surface area contributed by atoms with Crippen molar-refractivity contribution in [1.29, 1.82) is 0 Å². The fourth-order valence-corrected chi connectivity index (χ4v) is 3.61. The molecule has 2 amide bonds. The van der Waals surface area contributed by atoms with Crippen LogP contribution in [0.25, 0.3) is 0 Å². The number of benzene rings is 2. The Hall–Kier alpha value is -2.53. The monoisotopic (exact) mass is 399 g/mol. The van der Waals surface area contributed by atoms with Crippen LogP contribution in [-0.4, -0.2) is 42.9 Å². The molecule has 1 aliphatic heterocycles. The first-order chi connectivity index (χ1) is 13.4. The summed E-state index contributed by atoms with van der Waals surface area (Å²) < 4.78 is 0. The molecule has 1 fully saturated rings. The van der Waals surface area contributed by atoms with Gasteiger partial charge >= 0.3 is 0 Å². The smallest absolute Gasteiger partial charge is 0.255 e. The van der Waals surface area contributed by atoms with Gasteiger partial charge in [0, 0.05) is 43.9 Å². The summed E-state index contributed by atoms with van der Waals surface area (Å²) in [6, 6.07) is 14.6. The Morgan fingerprint density at radius 3 is 2.32 bits per heavy atom. The van der Waals surface area contributed by atoms with Crippen molar-refractivity contribution in [3.63, 3.8) is 0 Å². The zero-order valence-corrected chi connectivity index (χ0v) is 17.1. The molecule has 1 heterocycles. The van der Waals surface area contributed by atoms with Crippen molar-refractivity contribution >= 4 is 34.8 Å². The second kappa shape index (κ2) is 9.11. The molecule has 148 valence electrons. The predicted octanol–water partition coefficient (Wildman–Crippen LogP) is 4.29. The maximum Gasteiger partial charge on any atom is 0.255 e. The minimum absolute atomic E-state index is 0.165. The number of amides is 2. The molecule has 0 aromatic heterocycles. The second-order valence-corrected chi connectivity index (χ2v) is 7.86. The average Bonchev–Trinajstić information content (AvgIpc) is 2.68. The van der Waals surface area contributed by atoms with Crippen molar-refractivity contribution in [3.05, 3.63) is 59.1 Å². The Kier molecular flexibility index (Phi) is 6.57. The van der Waals surface area contributed by atoms with E-state index in [0.717, 1.165) is 18.8 Å². The molecule has 2 aromatic rings. The number of hydrogen-bond acceptors (Lipinski definition) is 3. The standard InChI is InChI=1S/C22H26ClN3O2/c1-16(2)14-21(27)26-12-10-25(11-13-26)20-9-8-18(15-19(20)23)24-22(28)17-6-4-3-5-7-17/h3-9,15-16H,10-14H2,1-2H3,(H,24,28). The number of anilines is 2. The van der Waals surface area contributed by atoms with Crippen LogP contribution in [-0.2, 0) is 4.79 Å². The zero-order chi connectivity index (χ0) is 20.1. The van der Waals surface area contributed by atoms with E-state index in [9.17, 15) is 9.59 Å². The maximum absolute atomic E-state index is 12.3. The zero-order valence-electron chi connectivity index (χ0n) is 16.3. The molecular formula is C22H26ClN3O2. The van der Waals surface area contributed by atoms with Crippen LogP contribution in [0.3, 0.4) is 0 Å². The molecule has 0 aliphatic carbocycles. The van der Waals surface area contributed by atoms with Gasteiger partial charge in [0.2, 0.25) is 5.91 Å². The Labute approximate surface area is 171 Å². The van der Waals surface area contributed by atoms with Crippen LogP contribution in [0.4, 0.5) is 11.4 Å². The minimum atomic E-state index is -0.165. The molecular weight excluding hydrogens is 374 g/mol. The first-order valence-corrected chi connectivity index (χ1v) is 10.0. The van der Waals surface area contributed by atoms with Crippen molar-refractivity contribution in [2.75, 3.05) is 36.4 Å². The molecule has 2 aromatic carbocycles. The van der Waals surface area contributed by atoms with E-state index in [1.165, 1.54) is 0 Å². The van der Waals surface area contributed by atoms with Gasteiger partial charge in [-0.15, -0.1) is 0 Å². The first kappa shape index (κ1) is 20.2. The normalized spacial score (nSPS) is 14.3. The fraction of sp³-hybridized carbons (Fsp3) is 0.364. The van der Waals surface area contributed by atoms with Gasteiger partial charge in [-0.25, -0.2) is 0 Å². The highest BCUT2D eigenvalue weighted by molar-refractivity contribution is 6.33. The summed E-state index contributed by atoms with van der Waals surface area (Å²) in [5, 5.41) is 3.47. The van der Waals surface area contributed by atoms with E-state index in [4.69, 9.17) is 11.6 Å². The van der Waals surface area contributed by atoms with Gasteiger partial charge < -0.3 is 15.1 Å². The van der Waals surface area contributed by atoms with E-state index in [1.807, 2.05) is 35.2 Å². The molecule has 1 saturated heterocycles. The van der Waals surface area contributed by atoms with Gasteiger partial charge in [-0.2, -0.15) is 0 Å². The van der Waals surface area contributed by atoms with Crippen molar-refractivity contribution in [2.24, 2.45) is 5.92 Å². The molecule has 0 spiro atoms. The topological polar surface area (TPSA) is 52.7 Å². The summed E-state index contributed by atoms with van der Waals surface area (Å²) in [5.41, 5.74) is 2.19. The summed E-state index contributed by atoms with van der Waals surface area (Å²) >= 11 is 6.49. The van der Waals surface area contributed by atoms with E-state index < -0.39 is 0 Å². The Morgan fingerprint density at radius 2 is 1.71 bits per heavy atom. The third-order valence-electron chi connectivity index (χ3n) is 4.80. The number of hydrogen-bond donors (Lipinski definition) is 1. The lowest BCUT2D eigenvalue weighted by atomic mass is 10.1. The largest absolute Gasteiger partial charge is 0.367 e. The van der Waals surface area contributed by atoms with Crippen LogP contribution >= 0.6 is 11.6 Å². The van der Waals surface area contributed by atoms with Crippen LogP contribution in [0.1, 0.15) is 30.6 Å². The third-order valence-corrected chi connectivity index (χ3v) is 5.10. The molecule has 0 radical (unpaired) electrons. The number of halogens is 1. The molecule has 1 N–H and O–H groups in total. The van der Waals surface area contributed by atoms with Gasteiger partial charge in [-0.05, 0) is 36.2 Å². The van der Waals surface area contributed by atoms with Crippen molar-refractivity contribution < 1.29 is 9.59 Å². The highest BCUT2D eigenvalue weighted by Gasteiger charge is 2.23. The van der Waals surface area contributed by atoms with E-state index in [2.05, 4.69) is 24.1 Å². The highest BCUT2D eigenvalue weighted by atomic mass is 35.5. The van der Waals surface area contributed by atoms with E-state index in [-0.39, 0.29) is 11.8 Å². The third kappa shape index (κ3) is 5.04. The van der Waals surface area contributed by atoms with Gasteiger partial charge in [-0.1, -0.05) is 43.6 Å². The van der Waals surface area contributed by atoms with Gasteiger partial charge in [0.15, 0.2) is 0 Å². The lowest BCUT2D eigenvalue weighted by Crippen LogP contribution is -2.49. The molecule has 1 aliphatic rings. The van der Waals surface area contributed by atoms with Crippen LogP contribution in [0.2, 0.25) is 5.02 Å². The fourth-order valence-electron chi connectivity index (χ4n) is 3.31. The molecule has 5 nitrogen and oxygen atoms in total. The van der Waals surface area contributed by atoms with Gasteiger partial charge in [0.25, 0.3) is 5.91 Å². The highest BCUT2D eigenvalue weighted by Crippen LogP contribution is 2.30. The molecule has 0 atom stereocenters. The van der Waals surface area contributed by atoms with Crippen molar-refractivity contribution in [1.82, 2.24) is 4.90 Å². The lowest BCUT2D eigenvalue weighted by molar-refractivity contribution is -0.132. The van der Waals surface area contributed by atoms with Crippen molar-refractivity contribution in [2.45, 2.75) is 20.3 Å². The van der Waals surface area contributed by atoms with Gasteiger partial charge in [0.1, 0.15) is 0 Å². The summed E-state index contributed by atoms with van der Waals surface area (Å²) in [4.78, 5) is 28.6. The Bertz CT molecular complexity index is 831. The quantitative estimate of drug-likeness (QED) is 0.816. The molecule has 0 bridgehead atoms. The molecule has 6 heteroatoms. The second-order valence-electron chi connectivity index (χ2n) is 7.45. The first-order valence-electron chi connectivity index (χ1n) is 9.62. The lowest BCUT2D eigenvalue weighted by Gasteiger charge is -2.36. The van der Waals surface area contributed by atoms with E-state index in [1.54, 1.807) is 18.2 Å². The molecule has 3 rings (SSSR count). The van der Waals surface area contributed by atoms with Gasteiger partial charge in [-0.3, -0.25) is 9.59 Å². The molecule has 28 heavy (non-hydrogen) atoms. The Morgan fingerprint density at radius 1 is 1.04 bits per heavy atom. The molecule has 0 unspecified atom stereocenters. The summed E-state index contributed by atoms with van der Waals surface area (Å²) in [7, 11) is 0. The van der Waals surface area contributed by atoms with Crippen LogP contribution < -0.4 is 10.2 Å². The Balaban J connectivity index is 1.60. The van der Waals surface area contributed by atoms with E-state index >= 15 is 0 Å². The number of rotatable bonds is 5. The predicted molar refractivity (Wildman–Crippen MR) is 114 cm³/mol. The summed E-state index contributed by atoms with van der Waals surface area (Å²) in [6.45, 7) is 7.03.